The van der Waals surface area contributed by atoms with E-state index in [2.05, 4.69) is 4.90 Å². The number of rotatable bonds is 6. The van der Waals surface area contributed by atoms with Gasteiger partial charge in [0.2, 0.25) is 0 Å². The molecular weight excluding hydrogens is 492 g/mol. The third-order valence-electron chi connectivity index (χ3n) is 7.51. The molecule has 37 heavy (non-hydrogen) atoms. The zero-order chi connectivity index (χ0) is 25.7. The van der Waals surface area contributed by atoms with Gasteiger partial charge in [-0.1, -0.05) is 18.2 Å². The van der Waals surface area contributed by atoms with Crippen LogP contribution >= 0.6 is 0 Å². The Hall–Kier alpha value is -3.53. The van der Waals surface area contributed by atoms with Gasteiger partial charge in [-0.15, -0.1) is 0 Å². The number of hydrogen-bond donors (Lipinski definition) is 1. The van der Waals surface area contributed by atoms with Gasteiger partial charge in [0.05, 0.1) is 19.7 Å². The van der Waals surface area contributed by atoms with Gasteiger partial charge in [-0.3, -0.25) is 4.90 Å². The molecule has 1 aromatic heterocycles. The number of benzene rings is 3. The molecule has 0 fully saturated rings. The summed E-state index contributed by atoms with van der Waals surface area (Å²) in [6.45, 7) is 1.43. The molecule has 192 valence electrons. The summed E-state index contributed by atoms with van der Waals surface area (Å²) >= 11 is 0. The lowest BCUT2D eigenvalue weighted by atomic mass is 9.85. The van der Waals surface area contributed by atoms with Gasteiger partial charge in [-0.2, -0.15) is 8.42 Å². The molecule has 2 aliphatic rings. The van der Waals surface area contributed by atoms with E-state index in [-0.39, 0.29) is 23.4 Å². The third-order valence-corrected chi connectivity index (χ3v) is 8.76. The van der Waals surface area contributed by atoms with Crippen LogP contribution in [0.5, 0.6) is 17.2 Å². The number of fused-ring (bicyclic) bond motifs is 6. The SMILES string of the molecule is COc1ccc2c(c1)c1c(n2CO)CN2CCc3cc(OC)c(OS(=O)(=O)c4ccccc4)cc3C2C1. The Morgan fingerprint density at radius 2 is 1.81 bits per heavy atom. The molecule has 0 bridgehead atoms. The fraction of sp³-hybridized carbons (Fsp3) is 0.286. The van der Waals surface area contributed by atoms with E-state index in [1.807, 2.05) is 34.9 Å². The molecule has 9 heteroatoms. The first-order valence-corrected chi connectivity index (χ1v) is 13.6. The lowest BCUT2D eigenvalue weighted by Gasteiger charge is -2.41. The zero-order valence-electron chi connectivity index (χ0n) is 20.7. The van der Waals surface area contributed by atoms with Crippen LogP contribution in [-0.2, 0) is 36.2 Å². The molecule has 0 radical (unpaired) electrons. The average molecular weight is 521 g/mol. The highest BCUT2D eigenvalue weighted by molar-refractivity contribution is 7.87. The van der Waals surface area contributed by atoms with Crippen molar-refractivity contribution < 1.29 is 27.2 Å². The van der Waals surface area contributed by atoms with Crippen molar-refractivity contribution in [3.8, 4) is 17.2 Å². The van der Waals surface area contributed by atoms with Crippen molar-refractivity contribution in [1.29, 1.82) is 0 Å². The van der Waals surface area contributed by atoms with Crippen molar-refractivity contribution in [3.05, 3.63) is 83.0 Å². The molecule has 4 aromatic rings. The minimum absolute atomic E-state index is 0.0351. The average Bonchev–Trinajstić information content (AvgIpc) is 3.23. The normalized spacial score (nSPS) is 17.1. The van der Waals surface area contributed by atoms with Gasteiger partial charge < -0.3 is 23.3 Å². The number of ether oxygens (including phenoxy) is 2. The molecule has 3 heterocycles. The van der Waals surface area contributed by atoms with Crippen LogP contribution in [0.25, 0.3) is 10.9 Å². The Labute approximate surface area is 215 Å². The predicted molar refractivity (Wildman–Crippen MR) is 139 cm³/mol. The van der Waals surface area contributed by atoms with E-state index in [1.54, 1.807) is 25.3 Å². The first-order chi connectivity index (χ1) is 17.9. The van der Waals surface area contributed by atoms with E-state index in [1.165, 1.54) is 24.8 Å². The molecule has 2 aliphatic heterocycles. The minimum atomic E-state index is -4.03. The standard InChI is InChI=1S/C28H28N2O6S/c1-34-19-8-9-24-22(13-19)23-14-25-21-15-28(36-37(32,33)20-6-4-3-5-7-20)27(35-2)12-18(21)10-11-29(25)16-26(23)30(24)17-31/h3-9,12-13,15,25,31H,10-11,14,16-17H2,1-2H3. The molecule has 0 amide bonds. The van der Waals surface area contributed by atoms with E-state index in [0.29, 0.717) is 12.3 Å². The smallest absolute Gasteiger partial charge is 0.339 e. The predicted octanol–water partition coefficient (Wildman–Crippen LogP) is 4.03. The number of methoxy groups -OCH3 is 2. The van der Waals surface area contributed by atoms with Crippen molar-refractivity contribution >= 4 is 21.0 Å². The summed E-state index contributed by atoms with van der Waals surface area (Å²) in [7, 11) is -0.862. The lowest BCUT2D eigenvalue weighted by Crippen LogP contribution is -2.40. The molecule has 3 aromatic carbocycles. The summed E-state index contributed by atoms with van der Waals surface area (Å²) in [6, 6.07) is 17.8. The Bertz CT molecular complexity index is 1600. The van der Waals surface area contributed by atoms with Crippen molar-refractivity contribution in [3.63, 3.8) is 0 Å². The van der Waals surface area contributed by atoms with E-state index in [4.69, 9.17) is 13.7 Å². The maximum atomic E-state index is 13.0. The number of nitrogens with zero attached hydrogens (tertiary/aromatic N) is 2. The molecule has 8 nitrogen and oxygen atoms in total. The van der Waals surface area contributed by atoms with E-state index in [0.717, 1.165) is 52.9 Å². The zero-order valence-corrected chi connectivity index (χ0v) is 21.5. The van der Waals surface area contributed by atoms with Crippen LogP contribution < -0.4 is 13.7 Å². The van der Waals surface area contributed by atoms with Crippen LogP contribution in [0.1, 0.15) is 28.4 Å². The number of aliphatic hydroxyl groups is 1. The Morgan fingerprint density at radius 3 is 2.54 bits per heavy atom. The third kappa shape index (κ3) is 3.94. The second-order valence-electron chi connectivity index (χ2n) is 9.37. The second kappa shape index (κ2) is 9.09. The van der Waals surface area contributed by atoms with Crippen LogP contribution in [-0.4, -0.2) is 43.8 Å². The highest BCUT2D eigenvalue weighted by Crippen LogP contribution is 2.45. The van der Waals surface area contributed by atoms with E-state index >= 15 is 0 Å². The molecule has 0 saturated heterocycles. The Kier molecular flexibility index (Phi) is 5.86. The molecule has 0 saturated carbocycles. The molecule has 6 rings (SSSR count). The van der Waals surface area contributed by atoms with Crippen LogP contribution in [0.3, 0.4) is 0 Å². The summed E-state index contributed by atoms with van der Waals surface area (Å²) in [6.07, 6.45) is 1.52. The fourth-order valence-electron chi connectivity index (χ4n) is 5.71. The van der Waals surface area contributed by atoms with Crippen molar-refractivity contribution in [2.75, 3.05) is 20.8 Å². The highest BCUT2D eigenvalue weighted by Gasteiger charge is 2.36. The quantitative estimate of drug-likeness (QED) is 0.384. The summed E-state index contributed by atoms with van der Waals surface area (Å²) in [4.78, 5) is 2.47. The monoisotopic (exact) mass is 520 g/mol. The second-order valence-corrected chi connectivity index (χ2v) is 10.9. The Morgan fingerprint density at radius 1 is 1.00 bits per heavy atom. The van der Waals surface area contributed by atoms with Crippen LogP contribution in [0.2, 0.25) is 0 Å². The summed E-state index contributed by atoms with van der Waals surface area (Å²) in [5.41, 5.74) is 5.40. The molecule has 1 atom stereocenters. The van der Waals surface area contributed by atoms with Crippen LogP contribution in [0.4, 0.5) is 0 Å². The number of hydrogen-bond acceptors (Lipinski definition) is 7. The highest BCUT2D eigenvalue weighted by atomic mass is 32.2. The maximum Gasteiger partial charge on any atom is 0.339 e. The first kappa shape index (κ1) is 23.8. The van der Waals surface area contributed by atoms with Gasteiger partial charge in [0.15, 0.2) is 11.5 Å². The van der Waals surface area contributed by atoms with Gasteiger partial charge in [0.25, 0.3) is 0 Å². The van der Waals surface area contributed by atoms with Gasteiger partial charge in [0.1, 0.15) is 17.4 Å². The maximum absolute atomic E-state index is 13.0. The topological polar surface area (TPSA) is 90.2 Å². The first-order valence-electron chi connectivity index (χ1n) is 12.2. The van der Waals surface area contributed by atoms with E-state index in [9.17, 15) is 13.5 Å². The fourth-order valence-corrected chi connectivity index (χ4v) is 6.66. The van der Waals surface area contributed by atoms with Gasteiger partial charge >= 0.3 is 10.1 Å². The van der Waals surface area contributed by atoms with Crippen molar-refractivity contribution in [2.24, 2.45) is 0 Å². The molecule has 1 N–H and O–H groups in total. The van der Waals surface area contributed by atoms with Crippen molar-refractivity contribution in [1.82, 2.24) is 9.47 Å². The van der Waals surface area contributed by atoms with Gasteiger partial charge in [0, 0.05) is 30.2 Å². The van der Waals surface area contributed by atoms with Crippen LogP contribution in [0.15, 0.2) is 65.6 Å². The number of aromatic nitrogens is 1. The lowest BCUT2D eigenvalue weighted by molar-refractivity contribution is 0.146. The summed E-state index contributed by atoms with van der Waals surface area (Å²) in [5.74, 6) is 1.34. The largest absolute Gasteiger partial charge is 0.497 e. The van der Waals surface area contributed by atoms with Crippen LogP contribution in [0, 0.1) is 0 Å². The number of aliphatic hydroxyl groups excluding tert-OH is 1. The van der Waals surface area contributed by atoms with Gasteiger partial charge in [-0.25, -0.2) is 0 Å². The molecule has 0 spiro atoms. The summed E-state index contributed by atoms with van der Waals surface area (Å²) < 4.78 is 44.6. The minimum Gasteiger partial charge on any atom is -0.497 e. The molecule has 1 unspecified atom stereocenters. The summed E-state index contributed by atoms with van der Waals surface area (Å²) in [5, 5.41) is 11.2. The molecule has 0 aliphatic carbocycles. The Balaban J connectivity index is 1.43. The van der Waals surface area contributed by atoms with Gasteiger partial charge in [-0.05, 0) is 72.0 Å². The van der Waals surface area contributed by atoms with Crippen molar-refractivity contribution in [2.45, 2.75) is 37.1 Å². The molecular formula is C28H28N2O6S. The van der Waals surface area contributed by atoms with E-state index < -0.39 is 10.1 Å².